The molecular formula is C9H12O3. The summed E-state index contributed by atoms with van der Waals surface area (Å²) in [6.45, 7) is 1.64. The van der Waals surface area contributed by atoms with Gasteiger partial charge in [0.05, 0.1) is 0 Å². The van der Waals surface area contributed by atoms with Crippen molar-refractivity contribution in [2.45, 2.75) is 32.6 Å². The second kappa shape index (κ2) is 3.61. The van der Waals surface area contributed by atoms with Gasteiger partial charge in [-0.25, -0.2) is 0 Å². The van der Waals surface area contributed by atoms with Crippen LogP contribution in [0.15, 0.2) is 0 Å². The van der Waals surface area contributed by atoms with Crippen LogP contribution in [0.3, 0.4) is 0 Å². The van der Waals surface area contributed by atoms with Crippen molar-refractivity contribution in [1.82, 2.24) is 0 Å². The highest BCUT2D eigenvalue weighted by atomic mass is 16.2. The maximum Gasteiger partial charge on any atom is 0.201 e. The molecule has 0 aliphatic heterocycles. The van der Waals surface area contributed by atoms with Gasteiger partial charge in [-0.05, 0) is 6.42 Å². The maximum absolute atomic E-state index is 11.1. The van der Waals surface area contributed by atoms with E-state index in [2.05, 4.69) is 0 Å². The van der Waals surface area contributed by atoms with E-state index in [0.717, 1.165) is 0 Å². The Bertz CT molecular complexity index is 230. The Hall–Kier alpha value is -0.990. The number of ketones is 3. The van der Waals surface area contributed by atoms with E-state index in [1.54, 1.807) is 6.92 Å². The molecule has 0 N–H and O–H groups in total. The third-order valence-electron chi connectivity index (χ3n) is 2.12. The SMILES string of the molecule is CC1CC(=O)CCCC(=O)C1=O. The standard InChI is InChI=1S/C9H12O3/c1-6-5-7(10)3-2-4-8(11)9(6)12/h6H,2-5H2,1H3. The smallest absolute Gasteiger partial charge is 0.201 e. The number of carbonyl (C=O) groups is 3. The monoisotopic (exact) mass is 168 g/mol. The van der Waals surface area contributed by atoms with E-state index in [1.165, 1.54) is 0 Å². The molecule has 3 nitrogen and oxygen atoms in total. The molecule has 1 rings (SSSR count). The molecule has 1 fully saturated rings. The van der Waals surface area contributed by atoms with Crippen molar-refractivity contribution >= 4 is 17.3 Å². The first-order chi connectivity index (χ1) is 5.61. The predicted octanol–water partition coefficient (Wildman–Crippen LogP) is 0.904. The third kappa shape index (κ3) is 2.00. The van der Waals surface area contributed by atoms with Crippen molar-refractivity contribution in [3.8, 4) is 0 Å². The maximum atomic E-state index is 11.1. The molecule has 3 heteroatoms. The molecule has 1 atom stereocenters. The van der Waals surface area contributed by atoms with E-state index < -0.39 is 5.92 Å². The first-order valence-electron chi connectivity index (χ1n) is 4.20. The topological polar surface area (TPSA) is 51.2 Å². The molecule has 1 aliphatic carbocycles. The number of rotatable bonds is 0. The summed E-state index contributed by atoms with van der Waals surface area (Å²) in [5, 5.41) is 0. The van der Waals surface area contributed by atoms with Gasteiger partial charge in [0.25, 0.3) is 0 Å². The van der Waals surface area contributed by atoms with Crippen molar-refractivity contribution < 1.29 is 14.4 Å². The summed E-state index contributed by atoms with van der Waals surface area (Å²) in [6.07, 6.45) is 1.47. The summed E-state index contributed by atoms with van der Waals surface area (Å²) in [7, 11) is 0. The zero-order valence-corrected chi connectivity index (χ0v) is 7.13. The minimum Gasteiger partial charge on any atom is -0.300 e. The molecule has 0 spiro atoms. The second-order valence-corrected chi connectivity index (χ2v) is 3.28. The van der Waals surface area contributed by atoms with Crippen LogP contribution in [0.4, 0.5) is 0 Å². The van der Waals surface area contributed by atoms with Crippen LogP contribution < -0.4 is 0 Å². The van der Waals surface area contributed by atoms with Crippen molar-refractivity contribution in [1.29, 1.82) is 0 Å². The van der Waals surface area contributed by atoms with Gasteiger partial charge < -0.3 is 0 Å². The zero-order chi connectivity index (χ0) is 9.14. The average Bonchev–Trinajstić information content (AvgIpc) is 2.01. The summed E-state index contributed by atoms with van der Waals surface area (Å²) in [6, 6.07) is 0. The normalized spacial score (nSPS) is 26.8. The summed E-state index contributed by atoms with van der Waals surface area (Å²) in [5.74, 6) is -0.980. The van der Waals surface area contributed by atoms with Gasteiger partial charge in [-0.1, -0.05) is 6.92 Å². The molecule has 12 heavy (non-hydrogen) atoms. The van der Waals surface area contributed by atoms with Crippen LogP contribution in [-0.4, -0.2) is 17.3 Å². The lowest BCUT2D eigenvalue weighted by Crippen LogP contribution is -2.26. The Labute approximate surface area is 71.1 Å². The van der Waals surface area contributed by atoms with E-state index in [-0.39, 0.29) is 30.2 Å². The minimum atomic E-state index is -0.398. The number of hydrogen-bond donors (Lipinski definition) is 0. The van der Waals surface area contributed by atoms with E-state index in [0.29, 0.717) is 12.8 Å². The van der Waals surface area contributed by atoms with Crippen molar-refractivity contribution in [2.24, 2.45) is 5.92 Å². The number of hydrogen-bond acceptors (Lipinski definition) is 3. The van der Waals surface area contributed by atoms with Crippen LogP contribution >= 0.6 is 0 Å². The highest BCUT2D eigenvalue weighted by molar-refractivity contribution is 6.38. The molecule has 66 valence electrons. The highest BCUT2D eigenvalue weighted by Crippen LogP contribution is 2.14. The van der Waals surface area contributed by atoms with Gasteiger partial charge in [0.2, 0.25) is 5.78 Å². The predicted molar refractivity (Wildman–Crippen MR) is 42.7 cm³/mol. The Morgan fingerprint density at radius 3 is 2.50 bits per heavy atom. The molecule has 0 aromatic heterocycles. The molecule has 0 saturated heterocycles. The van der Waals surface area contributed by atoms with Crippen LogP contribution in [0.1, 0.15) is 32.6 Å². The van der Waals surface area contributed by atoms with Crippen molar-refractivity contribution in [2.75, 3.05) is 0 Å². The average molecular weight is 168 g/mol. The molecule has 1 saturated carbocycles. The fourth-order valence-electron chi connectivity index (χ4n) is 1.38. The number of Topliss-reactive ketones (excluding diaryl/α,β-unsaturated/α-hetero) is 3. The van der Waals surface area contributed by atoms with Gasteiger partial charge in [0.15, 0.2) is 5.78 Å². The van der Waals surface area contributed by atoms with Crippen LogP contribution in [0, 0.1) is 5.92 Å². The first kappa shape index (κ1) is 9.10. The van der Waals surface area contributed by atoms with E-state index >= 15 is 0 Å². The van der Waals surface area contributed by atoms with Crippen molar-refractivity contribution in [3.05, 3.63) is 0 Å². The van der Waals surface area contributed by atoms with Gasteiger partial charge in [-0.15, -0.1) is 0 Å². The van der Waals surface area contributed by atoms with Crippen LogP contribution in [0.2, 0.25) is 0 Å². The molecule has 0 bridgehead atoms. The quantitative estimate of drug-likeness (QED) is 0.505. The molecule has 0 radical (unpaired) electrons. The van der Waals surface area contributed by atoms with Gasteiger partial charge in [-0.2, -0.15) is 0 Å². The number of carbonyl (C=O) groups excluding carboxylic acids is 3. The molecule has 0 aromatic rings. The molecular weight excluding hydrogens is 156 g/mol. The van der Waals surface area contributed by atoms with Crippen LogP contribution in [0.25, 0.3) is 0 Å². The van der Waals surface area contributed by atoms with Gasteiger partial charge in [-0.3, -0.25) is 14.4 Å². The fraction of sp³-hybridized carbons (Fsp3) is 0.667. The Morgan fingerprint density at radius 1 is 1.17 bits per heavy atom. The van der Waals surface area contributed by atoms with Gasteiger partial charge in [0.1, 0.15) is 5.78 Å². The Kier molecular flexibility index (Phi) is 2.74. The highest BCUT2D eigenvalue weighted by Gasteiger charge is 2.25. The summed E-state index contributed by atoms with van der Waals surface area (Å²) in [5.41, 5.74) is 0. The summed E-state index contributed by atoms with van der Waals surface area (Å²) < 4.78 is 0. The summed E-state index contributed by atoms with van der Waals surface area (Å²) >= 11 is 0. The lowest BCUT2D eigenvalue weighted by molar-refractivity contribution is -0.140. The molecule has 0 aromatic carbocycles. The largest absolute Gasteiger partial charge is 0.300 e. The molecule has 1 aliphatic rings. The lowest BCUT2D eigenvalue weighted by atomic mass is 9.90. The van der Waals surface area contributed by atoms with E-state index in [9.17, 15) is 14.4 Å². The molecule has 1 unspecified atom stereocenters. The molecule has 0 heterocycles. The summed E-state index contributed by atoms with van der Waals surface area (Å²) in [4.78, 5) is 33.2. The second-order valence-electron chi connectivity index (χ2n) is 3.28. The fourth-order valence-corrected chi connectivity index (χ4v) is 1.38. The Morgan fingerprint density at radius 2 is 1.83 bits per heavy atom. The third-order valence-corrected chi connectivity index (χ3v) is 2.12. The van der Waals surface area contributed by atoms with E-state index in [1.807, 2.05) is 0 Å². The first-order valence-corrected chi connectivity index (χ1v) is 4.20. The lowest BCUT2D eigenvalue weighted by Gasteiger charge is -2.11. The van der Waals surface area contributed by atoms with Crippen LogP contribution in [0.5, 0.6) is 0 Å². The van der Waals surface area contributed by atoms with Gasteiger partial charge in [0, 0.05) is 25.2 Å². The van der Waals surface area contributed by atoms with Crippen molar-refractivity contribution in [3.63, 3.8) is 0 Å². The minimum absolute atomic E-state index is 0.100. The molecule has 0 amide bonds. The Balaban J connectivity index is 2.68. The van der Waals surface area contributed by atoms with Gasteiger partial charge >= 0.3 is 0 Å². The zero-order valence-electron chi connectivity index (χ0n) is 7.13. The van der Waals surface area contributed by atoms with Crippen LogP contribution in [-0.2, 0) is 14.4 Å². The van der Waals surface area contributed by atoms with E-state index in [4.69, 9.17) is 0 Å².